The smallest absolute Gasteiger partial charge is 0.412 e. The van der Waals surface area contributed by atoms with Crippen molar-refractivity contribution in [2.24, 2.45) is 0 Å². The first kappa shape index (κ1) is 19.3. The van der Waals surface area contributed by atoms with Crippen LogP contribution >= 0.6 is 0 Å². The van der Waals surface area contributed by atoms with Gasteiger partial charge in [-0.2, -0.15) is 0 Å². The molecule has 0 aliphatic rings. The number of ether oxygens (including phenoxy) is 2. The maximum Gasteiger partial charge on any atom is 0.412 e. The van der Waals surface area contributed by atoms with Gasteiger partial charge in [0.25, 0.3) is 5.91 Å². The SMILES string of the molecule is CC(C)(C)OC(=O)Nc1cccc(OCCNC(=O)c2ccccc2)c1. The third-order valence-electron chi connectivity index (χ3n) is 3.17. The van der Waals surface area contributed by atoms with Crippen LogP contribution in [0.25, 0.3) is 0 Å². The molecular weight excluding hydrogens is 332 g/mol. The molecule has 2 aromatic carbocycles. The van der Waals surface area contributed by atoms with Crippen molar-refractivity contribution in [3.8, 4) is 5.75 Å². The number of rotatable bonds is 6. The summed E-state index contributed by atoms with van der Waals surface area (Å²) in [5.41, 5.74) is 0.621. The van der Waals surface area contributed by atoms with E-state index in [-0.39, 0.29) is 5.91 Å². The van der Waals surface area contributed by atoms with Crippen molar-refractivity contribution in [2.75, 3.05) is 18.5 Å². The maximum atomic E-state index is 11.9. The molecule has 0 saturated heterocycles. The van der Waals surface area contributed by atoms with Crippen molar-refractivity contribution in [1.82, 2.24) is 5.32 Å². The molecule has 0 aliphatic carbocycles. The lowest BCUT2D eigenvalue weighted by atomic mass is 10.2. The van der Waals surface area contributed by atoms with Gasteiger partial charge >= 0.3 is 6.09 Å². The Morgan fingerprint density at radius 3 is 2.42 bits per heavy atom. The van der Waals surface area contributed by atoms with Gasteiger partial charge in [-0.25, -0.2) is 4.79 Å². The van der Waals surface area contributed by atoms with Crippen LogP contribution in [0, 0.1) is 0 Å². The minimum atomic E-state index is -0.560. The number of carbonyl (C=O) groups excluding carboxylic acids is 2. The van der Waals surface area contributed by atoms with Gasteiger partial charge in [-0.1, -0.05) is 24.3 Å². The van der Waals surface area contributed by atoms with E-state index in [1.807, 2.05) is 18.2 Å². The first-order valence-electron chi connectivity index (χ1n) is 8.39. The molecule has 0 radical (unpaired) electrons. The molecule has 2 aromatic rings. The standard InChI is InChI=1S/C20H24N2O4/c1-20(2,3)26-19(24)22-16-10-7-11-17(14-16)25-13-12-21-18(23)15-8-5-4-6-9-15/h4-11,14H,12-13H2,1-3H3,(H,21,23)(H,22,24). The molecule has 2 N–H and O–H groups in total. The molecule has 0 bridgehead atoms. The van der Waals surface area contributed by atoms with Crippen molar-refractivity contribution < 1.29 is 19.1 Å². The molecule has 0 aliphatic heterocycles. The summed E-state index contributed by atoms with van der Waals surface area (Å²) in [6.45, 7) is 6.09. The predicted octanol–water partition coefficient (Wildman–Crippen LogP) is 3.84. The molecule has 0 atom stereocenters. The lowest BCUT2D eigenvalue weighted by Gasteiger charge is -2.19. The Kier molecular flexibility index (Phi) is 6.60. The Morgan fingerprint density at radius 2 is 1.73 bits per heavy atom. The van der Waals surface area contributed by atoms with Gasteiger partial charge in [0.2, 0.25) is 0 Å². The summed E-state index contributed by atoms with van der Waals surface area (Å²) < 4.78 is 10.8. The molecule has 6 heteroatoms. The van der Waals surface area contributed by atoms with Crippen molar-refractivity contribution in [1.29, 1.82) is 0 Å². The summed E-state index contributed by atoms with van der Waals surface area (Å²) in [5.74, 6) is 0.446. The largest absolute Gasteiger partial charge is 0.492 e. The van der Waals surface area contributed by atoms with Gasteiger partial charge < -0.3 is 14.8 Å². The summed E-state index contributed by atoms with van der Waals surface area (Å²) in [7, 11) is 0. The Labute approximate surface area is 153 Å². The van der Waals surface area contributed by atoms with Gasteiger partial charge in [0.15, 0.2) is 0 Å². The van der Waals surface area contributed by atoms with Gasteiger partial charge in [0.1, 0.15) is 18.0 Å². The summed E-state index contributed by atoms with van der Waals surface area (Å²) in [5, 5.41) is 5.45. The second-order valence-electron chi connectivity index (χ2n) is 6.63. The molecule has 26 heavy (non-hydrogen) atoms. The molecule has 2 amide bonds. The minimum absolute atomic E-state index is 0.144. The summed E-state index contributed by atoms with van der Waals surface area (Å²) in [6.07, 6.45) is -0.523. The predicted molar refractivity (Wildman–Crippen MR) is 101 cm³/mol. The Morgan fingerprint density at radius 1 is 1.00 bits per heavy atom. The fraction of sp³-hybridized carbons (Fsp3) is 0.300. The first-order chi connectivity index (χ1) is 12.3. The topological polar surface area (TPSA) is 76.7 Å². The molecule has 0 unspecified atom stereocenters. The number of amides is 2. The van der Waals surface area contributed by atoms with Crippen molar-refractivity contribution in [3.05, 3.63) is 60.2 Å². The van der Waals surface area contributed by atoms with Crippen LogP contribution in [0.5, 0.6) is 5.75 Å². The number of nitrogens with one attached hydrogen (secondary N) is 2. The Balaban J connectivity index is 1.78. The van der Waals surface area contributed by atoms with Crippen LogP contribution < -0.4 is 15.4 Å². The van der Waals surface area contributed by atoms with E-state index in [9.17, 15) is 9.59 Å². The molecular formula is C20H24N2O4. The second kappa shape index (κ2) is 8.89. The van der Waals surface area contributed by atoms with Gasteiger partial charge in [-0.3, -0.25) is 10.1 Å². The highest BCUT2D eigenvalue weighted by molar-refractivity contribution is 5.94. The van der Waals surface area contributed by atoms with Crippen molar-refractivity contribution >= 4 is 17.7 Å². The van der Waals surface area contributed by atoms with E-state index in [4.69, 9.17) is 9.47 Å². The quantitative estimate of drug-likeness (QED) is 0.771. The monoisotopic (exact) mass is 356 g/mol. The fourth-order valence-corrected chi connectivity index (χ4v) is 2.11. The van der Waals surface area contributed by atoms with Gasteiger partial charge in [0, 0.05) is 17.3 Å². The lowest BCUT2D eigenvalue weighted by molar-refractivity contribution is 0.0635. The molecule has 6 nitrogen and oxygen atoms in total. The fourth-order valence-electron chi connectivity index (χ4n) is 2.11. The highest BCUT2D eigenvalue weighted by Gasteiger charge is 2.16. The molecule has 2 rings (SSSR count). The molecule has 138 valence electrons. The molecule has 0 spiro atoms. The van der Waals surface area contributed by atoms with E-state index in [0.29, 0.717) is 30.2 Å². The van der Waals surface area contributed by atoms with Crippen LogP contribution in [-0.4, -0.2) is 30.8 Å². The molecule has 0 fully saturated rings. The number of anilines is 1. The van der Waals surface area contributed by atoms with Gasteiger partial charge in [-0.15, -0.1) is 0 Å². The van der Waals surface area contributed by atoms with Crippen LogP contribution in [0.2, 0.25) is 0 Å². The highest BCUT2D eigenvalue weighted by Crippen LogP contribution is 2.18. The highest BCUT2D eigenvalue weighted by atomic mass is 16.6. The normalized spacial score (nSPS) is 10.7. The number of hydrogen-bond acceptors (Lipinski definition) is 4. The van der Waals surface area contributed by atoms with Crippen LogP contribution in [0.1, 0.15) is 31.1 Å². The van der Waals surface area contributed by atoms with Crippen LogP contribution in [0.3, 0.4) is 0 Å². The van der Waals surface area contributed by atoms with E-state index >= 15 is 0 Å². The maximum absolute atomic E-state index is 11.9. The minimum Gasteiger partial charge on any atom is -0.492 e. The average Bonchev–Trinajstić information content (AvgIpc) is 2.58. The zero-order chi connectivity index (χ0) is 19.0. The zero-order valence-corrected chi connectivity index (χ0v) is 15.2. The third-order valence-corrected chi connectivity index (χ3v) is 3.17. The number of carbonyl (C=O) groups is 2. The van der Waals surface area contributed by atoms with E-state index < -0.39 is 11.7 Å². The van der Waals surface area contributed by atoms with E-state index in [2.05, 4.69) is 10.6 Å². The van der Waals surface area contributed by atoms with E-state index in [1.54, 1.807) is 57.2 Å². The number of benzene rings is 2. The molecule has 0 saturated carbocycles. The lowest BCUT2D eigenvalue weighted by Crippen LogP contribution is -2.28. The van der Waals surface area contributed by atoms with Crippen LogP contribution in [-0.2, 0) is 4.74 Å². The van der Waals surface area contributed by atoms with Crippen LogP contribution in [0.15, 0.2) is 54.6 Å². The van der Waals surface area contributed by atoms with Crippen molar-refractivity contribution in [2.45, 2.75) is 26.4 Å². The van der Waals surface area contributed by atoms with Gasteiger partial charge in [-0.05, 0) is 45.0 Å². The zero-order valence-electron chi connectivity index (χ0n) is 15.2. The summed E-state index contributed by atoms with van der Waals surface area (Å²) in [4.78, 5) is 23.7. The Bertz CT molecular complexity index is 739. The van der Waals surface area contributed by atoms with Crippen molar-refractivity contribution in [3.63, 3.8) is 0 Å². The van der Waals surface area contributed by atoms with E-state index in [1.165, 1.54) is 0 Å². The summed E-state index contributed by atoms with van der Waals surface area (Å²) in [6, 6.07) is 16.0. The summed E-state index contributed by atoms with van der Waals surface area (Å²) >= 11 is 0. The number of hydrogen-bond donors (Lipinski definition) is 2. The molecule has 0 aromatic heterocycles. The average molecular weight is 356 g/mol. The van der Waals surface area contributed by atoms with Crippen LogP contribution in [0.4, 0.5) is 10.5 Å². The second-order valence-corrected chi connectivity index (χ2v) is 6.63. The Hall–Kier alpha value is -3.02. The first-order valence-corrected chi connectivity index (χ1v) is 8.39. The molecule has 0 heterocycles. The van der Waals surface area contributed by atoms with Gasteiger partial charge in [0.05, 0.1) is 6.54 Å². The third kappa shape index (κ3) is 6.84. The van der Waals surface area contributed by atoms with E-state index in [0.717, 1.165) is 0 Å².